The van der Waals surface area contributed by atoms with E-state index in [2.05, 4.69) is 10.6 Å². The Kier molecular flexibility index (Phi) is 3.48. The van der Waals surface area contributed by atoms with Gasteiger partial charge in [0.15, 0.2) is 0 Å². The smallest absolute Gasteiger partial charge is 0.322 e. The molecule has 22 heavy (non-hydrogen) atoms. The van der Waals surface area contributed by atoms with E-state index >= 15 is 0 Å². The van der Waals surface area contributed by atoms with Crippen molar-refractivity contribution in [2.75, 3.05) is 13.1 Å². The molecule has 2 saturated heterocycles. The van der Waals surface area contributed by atoms with Gasteiger partial charge in [0.1, 0.15) is 5.54 Å². The summed E-state index contributed by atoms with van der Waals surface area (Å²) in [5.41, 5.74) is -0.975. The standard InChI is InChI=1S/C13H17N3O5S/c1-13(11(17)14-12(18)15-13)9-4-6-16(7-5-9)22(19,20)10-3-2-8-21-10/h2-3,8-9H,4-7H2,1H3,(H2,14,15,17,18)/t13-/m0/s1. The molecule has 0 spiro atoms. The van der Waals surface area contributed by atoms with E-state index in [1.807, 2.05) is 0 Å². The summed E-state index contributed by atoms with van der Waals surface area (Å²) in [7, 11) is -3.63. The number of nitrogens with one attached hydrogen (secondary N) is 2. The minimum Gasteiger partial charge on any atom is -0.452 e. The molecule has 1 atom stereocenters. The molecule has 3 rings (SSSR count). The highest BCUT2D eigenvalue weighted by molar-refractivity contribution is 7.89. The molecule has 9 heteroatoms. The van der Waals surface area contributed by atoms with Gasteiger partial charge in [-0.1, -0.05) is 0 Å². The van der Waals surface area contributed by atoms with Crippen molar-refractivity contribution in [1.82, 2.24) is 14.9 Å². The van der Waals surface area contributed by atoms with Gasteiger partial charge < -0.3 is 9.73 Å². The van der Waals surface area contributed by atoms with Crippen LogP contribution in [0.15, 0.2) is 27.9 Å². The summed E-state index contributed by atoms with van der Waals surface area (Å²) in [5.74, 6) is -0.466. The third kappa shape index (κ3) is 2.30. The number of nitrogens with zero attached hydrogens (tertiary/aromatic N) is 1. The number of urea groups is 1. The topological polar surface area (TPSA) is 109 Å². The van der Waals surface area contributed by atoms with Crippen LogP contribution in [-0.4, -0.2) is 43.3 Å². The average Bonchev–Trinajstić information content (AvgIpc) is 3.09. The van der Waals surface area contributed by atoms with Crippen LogP contribution in [0.4, 0.5) is 4.79 Å². The molecular formula is C13H17N3O5S. The van der Waals surface area contributed by atoms with Gasteiger partial charge in [-0.25, -0.2) is 13.2 Å². The van der Waals surface area contributed by atoms with Gasteiger partial charge in [-0.05, 0) is 37.8 Å². The highest BCUT2D eigenvalue weighted by Crippen LogP contribution is 2.32. The maximum Gasteiger partial charge on any atom is 0.322 e. The summed E-state index contributed by atoms with van der Waals surface area (Å²) in [4.78, 5) is 23.3. The largest absolute Gasteiger partial charge is 0.452 e. The number of amides is 3. The Labute approximate surface area is 127 Å². The molecule has 2 aliphatic heterocycles. The fourth-order valence-electron chi connectivity index (χ4n) is 3.06. The molecule has 0 unspecified atom stereocenters. The van der Waals surface area contributed by atoms with Gasteiger partial charge in [0.05, 0.1) is 6.26 Å². The normalized spacial score (nSPS) is 27.7. The van der Waals surface area contributed by atoms with Crippen LogP contribution >= 0.6 is 0 Å². The Morgan fingerprint density at radius 2 is 2.00 bits per heavy atom. The highest BCUT2D eigenvalue weighted by Gasteiger charge is 2.49. The van der Waals surface area contributed by atoms with E-state index < -0.39 is 21.6 Å². The Bertz CT molecular complexity index is 691. The number of imide groups is 1. The number of carbonyl (C=O) groups excluding carboxylic acids is 2. The summed E-state index contributed by atoms with van der Waals surface area (Å²) in [6, 6.07) is 2.44. The average molecular weight is 327 g/mol. The van der Waals surface area contributed by atoms with Crippen molar-refractivity contribution in [2.24, 2.45) is 5.92 Å². The maximum atomic E-state index is 12.4. The Balaban J connectivity index is 1.71. The lowest BCUT2D eigenvalue weighted by Gasteiger charge is -2.37. The summed E-state index contributed by atoms with van der Waals surface area (Å²) < 4.78 is 31.0. The minimum absolute atomic E-state index is 0.0796. The first-order valence-electron chi connectivity index (χ1n) is 7.01. The summed E-state index contributed by atoms with van der Waals surface area (Å²) >= 11 is 0. The van der Waals surface area contributed by atoms with Gasteiger partial charge in [0.25, 0.3) is 15.9 Å². The Hall–Kier alpha value is -1.87. The number of hydrogen-bond acceptors (Lipinski definition) is 5. The minimum atomic E-state index is -3.63. The molecule has 0 bridgehead atoms. The van der Waals surface area contributed by atoms with Crippen molar-refractivity contribution in [3.63, 3.8) is 0 Å². The number of sulfonamides is 1. The van der Waals surface area contributed by atoms with Gasteiger partial charge in [0, 0.05) is 13.1 Å². The van der Waals surface area contributed by atoms with Crippen LogP contribution in [-0.2, 0) is 14.8 Å². The van der Waals surface area contributed by atoms with Crippen molar-refractivity contribution < 1.29 is 22.4 Å². The van der Waals surface area contributed by atoms with Crippen molar-refractivity contribution in [1.29, 1.82) is 0 Å². The molecule has 3 amide bonds. The third-order valence-electron chi connectivity index (χ3n) is 4.43. The predicted octanol–water partition coefficient (Wildman–Crippen LogP) is 0.278. The van der Waals surface area contributed by atoms with Gasteiger partial charge in [-0.2, -0.15) is 4.31 Å². The monoisotopic (exact) mass is 327 g/mol. The molecule has 1 aromatic rings. The maximum absolute atomic E-state index is 12.4. The first-order chi connectivity index (χ1) is 10.3. The SMILES string of the molecule is C[C@@]1(C2CCN(S(=O)(=O)c3ccco3)CC2)NC(=O)NC1=O. The zero-order chi connectivity index (χ0) is 16.0. The van der Waals surface area contributed by atoms with Crippen LogP contribution in [0, 0.1) is 5.92 Å². The highest BCUT2D eigenvalue weighted by atomic mass is 32.2. The van der Waals surface area contributed by atoms with Gasteiger partial charge in [-0.3, -0.25) is 10.1 Å². The van der Waals surface area contributed by atoms with Gasteiger partial charge >= 0.3 is 6.03 Å². The molecule has 0 aliphatic carbocycles. The molecule has 1 aromatic heterocycles. The molecule has 0 aromatic carbocycles. The molecule has 8 nitrogen and oxygen atoms in total. The van der Waals surface area contributed by atoms with Gasteiger partial charge in [-0.15, -0.1) is 0 Å². The number of hydrogen-bond donors (Lipinski definition) is 2. The Morgan fingerprint density at radius 3 is 2.50 bits per heavy atom. The molecule has 2 N–H and O–H groups in total. The molecule has 0 saturated carbocycles. The van der Waals surface area contributed by atoms with Crippen molar-refractivity contribution >= 4 is 22.0 Å². The fourth-order valence-corrected chi connectivity index (χ4v) is 4.43. The first kappa shape index (κ1) is 15.0. The van der Waals surface area contributed by atoms with E-state index in [0.717, 1.165) is 0 Å². The van der Waals surface area contributed by atoms with Crippen LogP contribution in [0.1, 0.15) is 19.8 Å². The van der Waals surface area contributed by atoms with E-state index in [4.69, 9.17) is 4.42 Å². The fraction of sp³-hybridized carbons (Fsp3) is 0.538. The summed E-state index contributed by atoms with van der Waals surface area (Å²) in [5, 5.41) is 4.80. The van der Waals surface area contributed by atoms with Crippen molar-refractivity contribution in [2.45, 2.75) is 30.4 Å². The lowest BCUT2D eigenvalue weighted by molar-refractivity contribution is -0.125. The van der Waals surface area contributed by atoms with Crippen molar-refractivity contribution in [3.05, 3.63) is 18.4 Å². The predicted molar refractivity (Wildman–Crippen MR) is 75.3 cm³/mol. The number of rotatable bonds is 3. The first-order valence-corrected chi connectivity index (χ1v) is 8.45. The van der Waals surface area contributed by atoms with E-state index in [1.165, 1.54) is 22.7 Å². The summed E-state index contributed by atoms with van der Waals surface area (Å²) in [6.45, 7) is 2.24. The van der Waals surface area contributed by atoms with E-state index in [-0.39, 0.29) is 30.0 Å². The van der Waals surface area contributed by atoms with E-state index in [9.17, 15) is 18.0 Å². The van der Waals surface area contributed by atoms with Gasteiger partial charge in [0.2, 0.25) is 5.09 Å². The second kappa shape index (κ2) is 5.10. The van der Waals surface area contributed by atoms with Crippen LogP contribution < -0.4 is 10.6 Å². The summed E-state index contributed by atoms with van der Waals surface area (Å²) in [6.07, 6.45) is 2.30. The second-order valence-corrected chi connectivity index (χ2v) is 7.59. The van der Waals surface area contributed by atoms with Crippen molar-refractivity contribution in [3.8, 4) is 0 Å². The zero-order valence-corrected chi connectivity index (χ0v) is 12.9. The second-order valence-electron chi connectivity index (χ2n) is 5.72. The molecule has 0 radical (unpaired) electrons. The molecule has 2 aliphatic rings. The lowest BCUT2D eigenvalue weighted by atomic mass is 9.79. The van der Waals surface area contributed by atoms with Crippen LogP contribution in [0.3, 0.4) is 0 Å². The third-order valence-corrected chi connectivity index (χ3v) is 6.22. The molecule has 2 fully saturated rings. The zero-order valence-electron chi connectivity index (χ0n) is 12.0. The molecule has 3 heterocycles. The lowest BCUT2D eigenvalue weighted by Crippen LogP contribution is -2.54. The van der Waals surface area contributed by atoms with E-state index in [1.54, 1.807) is 6.92 Å². The Morgan fingerprint density at radius 1 is 1.32 bits per heavy atom. The molecule has 120 valence electrons. The van der Waals surface area contributed by atoms with Crippen LogP contribution in [0.5, 0.6) is 0 Å². The van der Waals surface area contributed by atoms with Crippen LogP contribution in [0.2, 0.25) is 0 Å². The number of furan rings is 1. The molecular weight excluding hydrogens is 310 g/mol. The number of piperidine rings is 1. The number of carbonyl (C=O) groups is 2. The quantitative estimate of drug-likeness (QED) is 0.775. The van der Waals surface area contributed by atoms with Crippen LogP contribution in [0.25, 0.3) is 0 Å². The van der Waals surface area contributed by atoms with E-state index in [0.29, 0.717) is 12.8 Å².